The van der Waals surface area contributed by atoms with Crippen LogP contribution in [0.25, 0.3) is 0 Å². The first-order valence-corrected chi connectivity index (χ1v) is 36.4. The first-order valence-electron chi connectivity index (χ1n) is 36.4. The van der Waals surface area contributed by atoms with Gasteiger partial charge >= 0.3 is 0 Å². The lowest BCUT2D eigenvalue weighted by atomic mass is 10.00. The predicted octanol–water partition coefficient (Wildman–Crippen LogP) is 22.7. The average Bonchev–Trinajstić information content (AvgIpc) is 3.46. The number of aliphatic hydroxyl groups excluding tert-OH is 4. The maximum atomic E-state index is 12.7. The molecule has 0 aromatic carbocycles. The second-order valence-corrected chi connectivity index (χ2v) is 25.3. The number of rotatable bonds is 68. The molecular weight excluding hydrogens is 983 g/mol. The SMILES string of the molecule is CCCCCCCCCCCCC/C=C\C/C=C\CCCCCCCCCCCCCCCCCCC(O)C(=O)NC(CO)C(O)C(O)CCC/C=C/CCCCCCCCCCCCCCCCCCCCCCCCCCC. The molecule has 0 aliphatic rings. The van der Waals surface area contributed by atoms with E-state index < -0.39 is 36.9 Å². The number of unbranched alkanes of at least 4 members (excludes halogenated alkanes) is 53. The Morgan fingerprint density at radius 2 is 0.550 bits per heavy atom. The lowest BCUT2D eigenvalue weighted by molar-refractivity contribution is -0.132. The van der Waals surface area contributed by atoms with Crippen LogP contribution in [-0.2, 0) is 4.79 Å². The summed E-state index contributed by atoms with van der Waals surface area (Å²) in [5.74, 6) is -0.587. The molecule has 5 N–H and O–H groups in total. The molecular formula is C74H143NO5. The topological polar surface area (TPSA) is 110 Å². The molecule has 0 aliphatic carbocycles. The molecule has 474 valence electrons. The van der Waals surface area contributed by atoms with Gasteiger partial charge in [0.05, 0.1) is 18.8 Å². The van der Waals surface area contributed by atoms with Crippen molar-refractivity contribution >= 4 is 5.91 Å². The van der Waals surface area contributed by atoms with Crippen LogP contribution in [0.3, 0.4) is 0 Å². The van der Waals surface area contributed by atoms with Gasteiger partial charge in [0.25, 0.3) is 0 Å². The third-order valence-electron chi connectivity index (χ3n) is 17.3. The Kier molecular flexibility index (Phi) is 67.1. The van der Waals surface area contributed by atoms with Gasteiger partial charge in [-0.2, -0.15) is 0 Å². The highest BCUT2D eigenvalue weighted by Crippen LogP contribution is 2.19. The Labute approximate surface area is 500 Å². The minimum Gasteiger partial charge on any atom is -0.394 e. The van der Waals surface area contributed by atoms with Gasteiger partial charge in [-0.1, -0.05) is 365 Å². The first-order chi connectivity index (χ1) is 39.5. The number of carbonyl (C=O) groups excluding carboxylic acids is 1. The molecule has 4 atom stereocenters. The predicted molar refractivity (Wildman–Crippen MR) is 353 cm³/mol. The van der Waals surface area contributed by atoms with Crippen LogP contribution in [-0.4, -0.2) is 57.3 Å². The van der Waals surface area contributed by atoms with Gasteiger partial charge in [0.2, 0.25) is 5.91 Å². The van der Waals surface area contributed by atoms with Gasteiger partial charge in [-0.3, -0.25) is 4.79 Å². The van der Waals surface area contributed by atoms with E-state index in [4.69, 9.17) is 0 Å². The van der Waals surface area contributed by atoms with Gasteiger partial charge in [0, 0.05) is 0 Å². The van der Waals surface area contributed by atoms with Crippen molar-refractivity contribution in [1.82, 2.24) is 5.32 Å². The van der Waals surface area contributed by atoms with Crippen molar-refractivity contribution in [3.8, 4) is 0 Å². The van der Waals surface area contributed by atoms with Gasteiger partial charge in [0.1, 0.15) is 12.2 Å². The highest BCUT2D eigenvalue weighted by atomic mass is 16.3. The van der Waals surface area contributed by atoms with Crippen molar-refractivity contribution in [3.63, 3.8) is 0 Å². The second-order valence-electron chi connectivity index (χ2n) is 25.3. The van der Waals surface area contributed by atoms with Gasteiger partial charge in [-0.15, -0.1) is 0 Å². The fourth-order valence-corrected chi connectivity index (χ4v) is 11.7. The van der Waals surface area contributed by atoms with E-state index in [9.17, 15) is 25.2 Å². The van der Waals surface area contributed by atoms with Crippen LogP contribution in [0.5, 0.6) is 0 Å². The Hall–Kier alpha value is -1.47. The molecule has 0 saturated carbocycles. The average molecular weight is 1130 g/mol. The summed E-state index contributed by atoms with van der Waals surface area (Å²) in [4.78, 5) is 12.7. The van der Waals surface area contributed by atoms with Crippen molar-refractivity contribution in [2.24, 2.45) is 0 Å². The Balaban J connectivity index is 3.56. The molecule has 0 heterocycles. The van der Waals surface area contributed by atoms with Crippen molar-refractivity contribution in [1.29, 1.82) is 0 Å². The number of hydrogen-bond acceptors (Lipinski definition) is 5. The smallest absolute Gasteiger partial charge is 0.249 e. The molecule has 6 heteroatoms. The van der Waals surface area contributed by atoms with E-state index in [2.05, 4.69) is 55.6 Å². The number of nitrogens with one attached hydrogen (secondary N) is 1. The number of carbonyl (C=O) groups is 1. The molecule has 6 nitrogen and oxygen atoms in total. The summed E-state index contributed by atoms with van der Waals surface area (Å²) in [6, 6.07) is -1.00. The van der Waals surface area contributed by atoms with E-state index >= 15 is 0 Å². The molecule has 0 aromatic heterocycles. The molecule has 0 spiro atoms. The molecule has 0 aliphatic heterocycles. The monoisotopic (exact) mass is 1130 g/mol. The fourth-order valence-electron chi connectivity index (χ4n) is 11.7. The highest BCUT2D eigenvalue weighted by Gasteiger charge is 2.28. The molecule has 0 radical (unpaired) electrons. The molecule has 0 aromatic rings. The van der Waals surface area contributed by atoms with E-state index in [0.29, 0.717) is 12.8 Å². The zero-order valence-electron chi connectivity index (χ0n) is 54.1. The van der Waals surface area contributed by atoms with E-state index in [1.807, 2.05) is 0 Å². The standard InChI is InChI=1S/C74H143NO5/c1-3-5-7-9-11-13-15-17-19-21-23-25-27-29-31-33-35-36-37-38-40-42-44-46-48-50-52-54-56-58-60-62-64-66-68-72(78)74(80)75-70(69-76)73(79)71(77)67-65-63-61-59-57-55-53-51-49-47-45-43-41-39-34-32-30-28-26-24-22-20-18-16-14-12-10-8-6-4-2/h27,29,33,35,59,61,70-73,76-79H,3-26,28,30-32,34,36-58,60,62-69H2,1-2H3,(H,75,80)/b29-27-,35-33-,61-59+. The van der Waals surface area contributed by atoms with Gasteiger partial charge in [-0.05, 0) is 70.6 Å². The summed E-state index contributed by atoms with van der Waals surface area (Å²) in [7, 11) is 0. The fraction of sp³-hybridized carbons (Fsp3) is 0.905. The molecule has 4 unspecified atom stereocenters. The Bertz CT molecular complexity index is 1270. The Morgan fingerprint density at radius 3 is 0.825 bits per heavy atom. The quantitative estimate of drug-likeness (QED) is 0.0308. The minimum atomic E-state index is -1.28. The maximum absolute atomic E-state index is 12.7. The number of allylic oxidation sites excluding steroid dienone is 6. The van der Waals surface area contributed by atoms with Crippen LogP contribution in [0.2, 0.25) is 0 Å². The van der Waals surface area contributed by atoms with E-state index in [1.54, 1.807) is 0 Å². The zero-order chi connectivity index (χ0) is 58.0. The number of hydrogen-bond donors (Lipinski definition) is 5. The summed E-state index contributed by atoms with van der Waals surface area (Å²) >= 11 is 0. The molecule has 80 heavy (non-hydrogen) atoms. The van der Waals surface area contributed by atoms with Crippen LogP contribution < -0.4 is 5.32 Å². The number of amides is 1. The summed E-state index contributed by atoms with van der Waals surface area (Å²) in [6.07, 6.45) is 88.6. The second kappa shape index (κ2) is 68.3. The number of aliphatic hydroxyl groups is 4. The van der Waals surface area contributed by atoms with Crippen LogP contribution in [0.4, 0.5) is 0 Å². The summed E-state index contributed by atoms with van der Waals surface area (Å²) < 4.78 is 0. The molecule has 0 fully saturated rings. The van der Waals surface area contributed by atoms with E-state index in [-0.39, 0.29) is 0 Å². The van der Waals surface area contributed by atoms with Gasteiger partial charge in [-0.25, -0.2) is 0 Å². The summed E-state index contributed by atoms with van der Waals surface area (Å²) in [5.41, 5.74) is 0. The molecule has 0 rings (SSSR count). The Morgan fingerprint density at radius 1 is 0.312 bits per heavy atom. The van der Waals surface area contributed by atoms with Crippen molar-refractivity contribution < 1.29 is 25.2 Å². The molecule has 0 saturated heterocycles. The van der Waals surface area contributed by atoms with Crippen LogP contribution in [0, 0.1) is 0 Å². The lowest BCUT2D eigenvalue weighted by Gasteiger charge is -2.27. The van der Waals surface area contributed by atoms with Crippen LogP contribution in [0.1, 0.15) is 399 Å². The molecule has 1 amide bonds. The summed E-state index contributed by atoms with van der Waals surface area (Å²) in [5, 5.41) is 44.2. The third-order valence-corrected chi connectivity index (χ3v) is 17.3. The maximum Gasteiger partial charge on any atom is 0.249 e. The zero-order valence-corrected chi connectivity index (χ0v) is 54.1. The first kappa shape index (κ1) is 78.5. The van der Waals surface area contributed by atoms with E-state index in [1.165, 1.54) is 327 Å². The van der Waals surface area contributed by atoms with Gasteiger partial charge in [0.15, 0.2) is 0 Å². The van der Waals surface area contributed by atoms with Crippen molar-refractivity contribution in [3.05, 3.63) is 36.5 Å². The normalized spacial score (nSPS) is 13.6. The lowest BCUT2D eigenvalue weighted by Crippen LogP contribution is -2.53. The largest absolute Gasteiger partial charge is 0.394 e. The van der Waals surface area contributed by atoms with Crippen molar-refractivity contribution in [2.75, 3.05) is 6.61 Å². The summed E-state index contributed by atoms with van der Waals surface area (Å²) in [6.45, 7) is 4.10. The minimum absolute atomic E-state index is 0.365. The third kappa shape index (κ3) is 61.1. The van der Waals surface area contributed by atoms with E-state index in [0.717, 1.165) is 44.9 Å². The van der Waals surface area contributed by atoms with Crippen LogP contribution >= 0.6 is 0 Å². The van der Waals surface area contributed by atoms with Gasteiger partial charge < -0.3 is 25.7 Å². The van der Waals surface area contributed by atoms with Crippen LogP contribution in [0.15, 0.2) is 36.5 Å². The van der Waals surface area contributed by atoms with Crippen molar-refractivity contribution in [2.45, 2.75) is 423 Å². The highest BCUT2D eigenvalue weighted by molar-refractivity contribution is 5.80. The molecule has 0 bridgehead atoms.